The number of hydrogen-bond acceptors (Lipinski definition) is 6. The number of anilines is 1. The van der Waals surface area contributed by atoms with Gasteiger partial charge in [0.25, 0.3) is 0 Å². The molecule has 1 saturated heterocycles. The van der Waals surface area contributed by atoms with Crippen molar-refractivity contribution in [3.8, 4) is 11.4 Å². The van der Waals surface area contributed by atoms with Crippen molar-refractivity contribution in [3.63, 3.8) is 0 Å². The predicted molar refractivity (Wildman–Crippen MR) is 87.1 cm³/mol. The molecule has 2 N–H and O–H groups in total. The number of nitrogens with zero attached hydrogens (tertiary/aromatic N) is 5. The molecule has 8 nitrogen and oxygen atoms in total. The number of likely N-dealkylation sites (tertiary alicyclic amines) is 1. The number of amides is 1. The lowest BCUT2D eigenvalue weighted by molar-refractivity contribution is -0.134. The molecule has 132 valence electrons. The first-order valence-corrected chi connectivity index (χ1v) is 8.26. The van der Waals surface area contributed by atoms with Gasteiger partial charge >= 0.3 is 0 Å². The van der Waals surface area contributed by atoms with E-state index in [1.165, 1.54) is 6.07 Å². The number of aromatic amines is 1. The van der Waals surface area contributed by atoms with Crippen molar-refractivity contribution in [2.24, 2.45) is 5.92 Å². The molecular formula is C16H19FN6O2. The number of likely N-dealkylation sites (N-methyl/N-ethyl adjacent to an activating group) is 1. The fraction of sp³-hybridized carbons (Fsp3) is 0.500. The summed E-state index contributed by atoms with van der Waals surface area (Å²) in [7, 11) is 1.69. The highest BCUT2D eigenvalue weighted by Gasteiger charge is 2.49. The van der Waals surface area contributed by atoms with E-state index in [-0.39, 0.29) is 30.5 Å². The van der Waals surface area contributed by atoms with Gasteiger partial charge in [-0.3, -0.25) is 4.79 Å². The fourth-order valence-electron chi connectivity index (χ4n) is 3.78. The number of carbonyl (C=O) groups is 1. The highest BCUT2D eigenvalue weighted by molar-refractivity contribution is 5.82. The number of halogens is 1. The Labute approximate surface area is 143 Å². The van der Waals surface area contributed by atoms with E-state index in [0.29, 0.717) is 30.0 Å². The summed E-state index contributed by atoms with van der Waals surface area (Å²) < 4.78 is 14.4. The van der Waals surface area contributed by atoms with Crippen LogP contribution >= 0.6 is 0 Å². The normalized spacial score (nSPS) is 24.8. The molecular weight excluding hydrogens is 327 g/mol. The quantitative estimate of drug-likeness (QED) is 0.833. The molecule has 25 heavy (non-hydrogen) atoms. The number of benzene rings is 1. The number of fused-ring (bicyclic) bond motifs is 1. The summed E-state index contributed by atoms with van der Waals surface area (Å²) in [6.45, 7) is 0.760. The zero-order valence-electron chi connectivity index (χ0n) is 13.8. The van der Waals surface area contributed by atoms with Crippen LogP contribution in [-0.2, 0) is 4.79 Å². The third kappa shape index (κ3) is 2.74. The number of nitrogens with one attached hydrogen (secondary N) is 1. The minimum atomic E-state index is -0.448. The summed E-state index contributed by atoms with van der Waals surface area (Å²) in [5.74, 6) is 0.0376. The molecule has 1 aliphatic heterocycles. The maximum absolute atomic E-state index is 14.4. The first-order chi connectivity index (χ1) is 12.0. The fourth-order valence-corrected chi connectivity index (χ4v) is 3.78. The molecule has 1 amide bonds. The van der Waals surface area contributed by atoms with Crippen molar-refractivity contribution >= 4 is 11.6 Å². The van der Waals surface area contributed by atoms with E-state index >= 15 is 0 Å². The molecule has 1 aromatic heterocycles. The summed E-state index contributed by atoms with van der Waals surface area (Å²) >= 11 is 0. The zero-order chi connectivity index (χ0) is 17.6. The molecule has 0 spiro atoms. The van der Waals surface area contributed by atoms with Crippen LogP contribution in [0, 0.1) is 11.7 Å². The zero-order valence-corrected chi connectivity index (χ0v) is 13.8. The molecule has 3 atom stereocenters. The number of tetrazole rings is 1. The van der Waals surface area contributed by atoms with Crippen LogP contribution in [0.3, 0.4) is 0 Å². The van der Waals surface area contributed by atoms with Gasteiger partial charge in [0.05, 0.1) is 18.3 Å². The van der Waals surface area contributed by atoms with Gasteiger partial charge in [0.2, 0.25) is 11.7 Å². The minimum Gasteiger partial charge on any atom is -0.393 e. The van der Waals surface area contributed by atoms with Gasteiger partial charge in [-0.15, -0.1) is 10.2 Å². The Hall–Kier alpha value is -2.55. The second-order valence-electron chi connectivity index (χ2n) is 6.67. The van der Waals surface area contributed by atoms with Gasteiger partial charge in [-0.1, -0.05) is 0 Å². The van der Waals surface area contributed by atoms with E-state index in [4.69, 9.17) is 0 Å². The Bertz CT molecular complexity index is 783. The van der Waals surface area contributed by atoms with E-state index in [1.54, 1.807) is 24.1 Å². The highest BCUT2D eigenvalue weighted by atomic mass is 19.1. The predicted octanol–water partition coefficient (Wildman–Crippen LogP) is 0.424. The first-order valence-electron chi connectivity index (χ1n) is 8.26. The van der Waals surface area contributed by atoms with Crippen LogP contribution in [0.1, 0.15) is 12.8 Å². The topological polar surface area (TPSA) is 98.2 Å². The second-order valence-corrected chi connectivity index (χ2v) is 6.67. The van der Waals surface area contributed by atoms with Crippen molar-refractivity contribution < 1.29 is 14.3 Å². The van der Waals surface area contributed by atoms with Crippen molar-refractivity contribution in [2.75, 3.05) is 25.0 Å². The third-order valence-corrected chi connectivity index (χ3v) is 5.23. The Morgan fingerprint density at radius 3 is 3.00 bits per heavy atom. The van der Waals surface area contributed by atoms with Crippen LogP contribution < -0.4 is 4.90 Å². The summed E-state index contributed by atoms with van der Waals surface area (Å²) in [5.41, 5.74) is 0.852. The van der Waals surface area contributed by atoms with E-state index in [2.05, 4.69) is 20.6 Å². The number of rotatable bonds is 4. The number of aromatic nitrogens is 4. The summed E-state index contributed by atoms with van der Waals surface area (Å²) in [4.78, 5) is 16.0. The van der Waals surface area contributed by atoms with Crippen LogP contribution in [0.4, 0.5) is 10.1 Å². The average molecular weight is 346 g/mol. The molecule has 0 bridgehead atoms. The molecule has 2 aromatic rings. The molecule has 1 aliphatic carbocycles. The van der Waals surface area contributed by atoms with Crippen molar-refractivity contribution in [2.45, 2.75) is 25.0 Å². The van der Waals surface area contributed by atoms with Crippen molar-refractivity contribution in [3.05, 3.63) is 24.0 Å². The maximum atomic E-state index is 14.4. The van der Waals surface area contributed by atoms with Crippen molar-refractivity contribution in [1.29, 1.82) is 0 Å². The molecule has 2 heterocycles. The van der Waals surface area contributed by atoms with Gasteiger partial charge in [0, 0.05) is 31.1 Å². The van der Waals surface area contributed by atoms with Crippen LogP contribution in [0.25, 0.3) is 11.4 Å². The molecule has 2 aliphatic rings. The van der Waals surface area contributed by atoms with Gasteiger partial charge < -0.3 is 14.9 Å². The largest absolute Gasteiger partial charge is 0.393 e. The Morgan fingerprint density at radius 1 is 1.52 bits per heavy atom. The van der Waals surface area contributed by atoms with Gasteiger partial charge in [-0.2, -0.15) is 5.21 Å². The van der Waals surface area contributed by atoms with E-state index in [0.717, 1.165) is 6.42 Å². The number of H-pyrrole nitrogens is 1. The second kappa shape index (κ2) is 6.07. The van der Waals surface area contributed by atoms with E-state index in [9.17, 15) is 14.3 Å². The Kier molecular flexibility index (Phi) is 3.87. The average Bonchev–Trinajstić information content (AvgIpc) is 3.21. The summed E-state index contributed by atoms with van der Waals surface area (Å²) in [5, 5.41) is 23.1. The maximum Gasteiger partial charge on any atom is 0.242 e. The minimum absolute atomic E-state index is 0.0384. The SMILES string of the molecule is CN(CC(=O)N1CC[C@@H]2[C@@H](O)C[C@@H]21)c1ccc(-c2nn[nH]n2)cc1F. The standard InChI is InChI=1S/C16H19FN6O2/c1-22(8-15(25)23-5-4-10-13(23)7-14(10)24)12-3-2-9(6-11(12)17)16-18-20-21-19-16/h2-3,6,10,13-14,24H,4-5,7-8H2,1H3,(H,18,19,20,21)/t10-,13-,14-/m0/s1. The van der Waals surface area contributed by atoms with Gasteiger partial charge in [0.1, 0.15) is 5.82 Å². The smallest absolute Gasteiger partial charge is 0.242 e. The number of hydrogen-bond donors (Lipinski definition) is 2. The van der Waals surface area contributed by atoms with Gasteiger partial charge in [-0.05, 0) is 36.3 Å². The first kappa shape index (κ1) is 15.9. The highest BCUT2D eigenvalue weighted by Crippen LogP contribution is 2.40. The monoisotopic (exact) mass is 346 g/mol. The van der Waals surface area contributed by atoms with Gasteiger partial charge in [-0.25, -0.2) is 4.39 Å². The molecule has 1 saturated carbocycles. The Balaban J connectivity index is 1.44. The van der Waals surface area contributed by atoms with Crippen LogP contribution in [0.15, 0.2) is 18.2 Å². The van der Waals surface area contributed by atoms with Crippen LogP contribution in [0.5, 0.6) is 0 Å². The summed E-state index contributed by atoms with van der Waals surface area (Å²) in [6.07, 6.45) is 1.21. The van der Waals surface area contributed by atoms with Crippen LogP contribution in [0.2, 0.25) is 0 Å². The molecule has 0 radical (unpaired) electrons. The molecule has 2 fully saturated rings. The molecule has 4 rings (SSSR count). The lowest BCUT2D eigenvalue weighted by atomic mass is 9.77. The number of aliphatic hydroxyl groups excluding tert-OH is 1. The third-order valence-electron chi connectivity index (χ3n) is 5.23. The molecule has 9 heteroatoms. The lowest BCUT2D eigenvalue weighted by Crippen LogP contribution is -2.52. The molecule has 0 unspecified atom stereocenters. The number of carbonyl (C=O) groups excluding carboxylic acids is 1. The molecule has 1 aromatic carbocycles. The van der Waals surface area contributed by atoms with Gasteiger partial charge in [0.15, 0.2) is 0 Å². The number of aliphatic hydroxyl groups is 1. The van der Waals surface area contributed by atoms with Crippen LogP contribution in [-0.4, -0.2) is 68.8 Å². The lowest BCUT2D eigenvalue weighted by Gasteiger charge is -2.40. The Morgan fingerprint density at radius 2 is 2.36 bits per heavy atom. The van der Waals surface area contributed by atoms with E-state index in [1.807, 2.05) is 4.90 Å². The van der Waals surface area contributed by atoms with Crippen molar-refractivity contribution in [1.82, 2.24) is 25.5 Å². The summed E-state index contributed by atoms with van der Waals surface area (Å²) in [6, 6.07) is 4.77. The van der Waals surface area contributed by atoms with E-state index < -0.39 is 5.82 Å².